The first-order valence-corrected chi connectivity index (χ1v) is 6.59. The molecule has 104 valence electrons. The zero-order chi connectivity index (χ0) is 14.7. The van der Waals surface area contributed by atoms with Crippen LogP contribution in [0.1, 0.15) is 0 Å². The standard InChI is InChI=1S/2C6H8N.H2O4S/c2*1-7-5-3-2-4-6-7;1-5(2,3)4/h2*2-6H,1H3;(H2,1,2,3,4)/q2*+1;/p-2. The summed E-state index contributed by atoms with van der Waals surface area (Å²) in [6.45, 7) is 0. The summed E-state index contributed by atoms with van der Waals surface area (Å²) in [4.78, 5) is 0. The molecule has 0 atom stereocenters. The lowest BCUT2D eigenvalue weighted by Crippen LogP contribution is -2.25. The van der Waals surface area contributed by atoms with E-state index in [1.165, 1.54) is 0 Å². The number of nitrogens with zero attached hydrogens (tertiary/aromatic N) is 2. The second kappa shape index (κ2) is 9.15. The van der Waals surface area contributed by atoms with Gasteiger partial charge in [-0.25, -0.2) is 9.13 Å². The molecule has 0 bridgehead atoms. The molecule has 19 heavy (non-hydrogen) atoms. The van der Waals surface area contributed by atoms with Gasteiger partial charge in [0.1, 0.15) is 14.1 Å². The van der Waals surface area contributed by atoms with Gasteiger partial charge in [-0.1, -0.05) is 12.1 Å². The van der Waals surface area contributed by atoms with Crippen molar-refractivity contribution in [1.82, 2.24) is 0 Å². The molecule has 0 amide bonds. The van der Waals surface area contributed by atoms with Crippen LogP contribution in [0.15, 0.2) is 61.2 Å². The third kappa shape index (κ3) is 16.2. The molecule has 0 aliphatic heterocycles. The van der Waals surface area contributed by atoms with Crippen LogP contribution in [0.3, 0.4) is 0 Å². The second-order valence-electron chi connectivity index (χ2n) is 3.49. The van der Waals surface area contributed by atoms with E-state index >= 15 is 0 Å². The topological polar surface area (TPSA) is 88.0 Å². The van der Waals surface area contributed by atoms with Crippen molar-refractivity contribution in [3.8, 4) is 0 Å². The van der Waals surface area contributed by atoms with Crippen molar-refractivity contribution in [2.75, 3.05) is 0 Å². The lowest BCUT2D eigenvalue weighted by molar-refractivity contribution is -0.671. The van der Waals surface area contributed by atoms with E-state index in [0.717, 1.165) is 0 Å². The van der Waals surface area contributed by atoms with Crippen molar-refractivity contribution < 1.29 is 26.7 Å². The maximum atomic E-state index is 8.52. The zero-order valence-electron chi connectivity index (χ0n) is 10.7. The fourth-order valence-corrected chi connectivity index (χ4v) is 0.969. The maximum absolute atomic E-state index is 8.52. The molecule has 6 nitrogen and oxygen atoms in total. The molecule has 0 fully saturated rings. The zero-order valence-corrected chi connectivity index (χ0v) is 11.5. The summed E-state index contributed by atoms with van der Waals surface area (Å²) < 4.78 is 38.1. The van der Waals surface area contributed by atoms with Crippen molar-refractivity contribution in [2.24, 2.45) is 14.1 Å². The fourth-order valence-electron chi connectivity index (χ4n) is 0.969. The van der Waals surface area contributed by atoms with Crippen molar-refractivity contribution >= 4 is 10.4 Å². The van der Waals surface area contributed by atoms with Crippen LogP contribution in [-0.4, -0.2) is 17.5 Å². The van der Waals surface area contributed by atoms with Crippen molar-refractivity contribution in [2.45, 2.75) is 0 Å². The van der Waals surface area contributed by atoms with Gasteiger partial charge < -0.3 is 9.11 Å². The molecule has 0 unspecified atom stereocenters. The number of aryl methyl sites for hydroxylation is 2. The summed E-state index contributed by atoms with van der Waals surface area (Å²) in [5.74, 6) is 0. The smallest absolute Gasteiger partial charge is 0.168 e. The molecular formula is C12H16N2O4S. The van der Waals surface area contributed by atoms with E-state index in [1.54, 1.807) is 0 Å². The molecule has 0 saturated carbocycles. The van der Waals surface area contributed by atoms with Gasteiger partial charge in [-0.2, -0.15) is 0 Å². The predicted octanol–water partition coefficient (Wildman–Crippen LogP) is -0.316. The summed E-state index contributed by atoms with van der Waals surface area (Å²) in [5, 5.41) is 0. The van der Waals surface area contributed by atoms with Gasteiger partial charge in [-0.05, 0) is 0 Å². The Morgan fingerprint density at radius 1 is 0.684 bits per heavy atom. The highest BCUT2D eigenvalue weighted by molar-refractivity contribution is 7.79. The van der Waals surface area contributed by atoms with Crippen molar-refractivity contribution in [3.05, 3.63) is 61.2 Å². The third-order valence-corrected chi connectivity index (χ3v) is 1.73. The largest absolute Gasteiger partial charge is 0.759 e. The van der Waals surface area contributed by atoms with Crippen LogP contribution < -0.4 is 9.13 Å². The van der Waals surface area contributed by atoms with Crippen LogP contribution in [-0.2, 0) is 24.5 Å². The Labute approximate surface area is 113 Å². The van der Waals surface area contributed by atoms with Gasteiger partial charge >= 0.3 is 0 Å². The van der Waals surface area contributed by atoms with Crippen LogP contribution in [0.2, 0.25) is 0 Å². The predicted molar refractivity (Wildman–Crippen MR) is 65.7 cm³/mol. The van der Waals surface area contributed by atoms with E-state index in [0.29, 0.717) is 0 Å². The number of pyridine rings is 2. The molecule has 2 aromatic rings. The Hall–Kier alpha value is -1.83. The van der Waals surface area contributed by atoms with Gasteiger partial charge in [0.25, 0.3) is 0 Å². The Morgan fingerprint density at radius 2 is 0.895 bits per heavy atom. The van der Waals surface area contributed by atoms with E-state index in [4.69, 9.17) is 17.5 Å². The molecule has 0 aliphatic rings. The monoisotopic (exact) mass is 284 g/mol. The average molecular weight is 284 g/mol. The van der Waals surface area contributed by atoms with Crippen LogP contribution in [0, 0.1) is 0 Å². The summed E-state index contributed by atoms with van der Waals surface area (Å²) in [5.41, 5.74) is 0. The fraction of sp³-hybridized carbons (Fsp3) is 0.167. The minimum Gasteiger partial charge on any atom is -0.759 e. The van der Waals surface area contributed by atoms with Gasteiger partial charge in [0.2, 0.25) is 0 Å². The molecule has 0 radical (unpaired) electrons. The molecule has 0 aliphatic carbocycles. The molecule has 2 rings (SSSR count). The Balaban J connectivity index is 0.000000261. The molecule has 2 aromatic heterocycles. The Kier molecular flexibility index (Phi) is 8.27. The second-order valence-corrected chi connectivity index (χ2v) is 4.31. The molecule has 0 saturated heterocycles. The van der Waals surface area contributed by atoms with E-state index in [-0.39, 0.29) is 0 Å². The van der Waals surface area contributed by atoms with Gasteiger partial charge in [0.05, 0.1) is 0 Å². The summed E-state index contributed by atoms with van der Waals surface area (Å²) in [7, 11) is -1.17. The Bertz CT molecular complexity index is 499. The first kappa shape index (κ1) is 17.2. The van der Waals surface area contributed by atoms with Crippen LogP contribution >= 0.6 is 0 Å². The van der Waals surface area contributed by atoms with Gasteiger partial charge in [0, 0.05) is 34.7 Å². The quantitative estimate of drug-likeness (QED) is 0.377. The molecular weight excluding hydrogens is 268 g/mol. The number of hydrogen-bond acceptors (Lipinski definition) is 4. The highest BCUT2D eigenvalue weighted by atomic mass is 32.3. The van der Waals surface area contributed by atoms with Crippen LogP contribution in [0.5, 0.6) is 0 Å². The average Bonchev–Trinajstić information content (AvgIpc) is 2.29. The number of rotatable bonds is 0. The van der Waals surface area contributed by atoms with E-state index < -0.39 is 10.4 Å². The van der Waals surface area contributed by atoms with Crippen molar-refractivity contribution in [3.63, 3.8) is 0 Å². The first-order chi connectivity index (χ1) is 8.79. The molecule has 0 N–H and O–H groups in total. The highest BCUT2D eigenvalue weighted by Gasteiger charge is 1.79. The lowest BCUT2D eigenvalue weighted by atomic mass is 10.5. The van der Waals surface area contributed by atoms with E-state index in [1.807, 2.05) is 84.4 Å². The minimum absolute atomic E-state index is 2.00. The van der Waals surface area contributed by atoms with Crippen molar-refractivity contribution in [1.29, 1.82) is 0 Å². The van der Waals surface area contributed by atoms with E-state index in [2.05, 4.69) is 0 Å². The first-order valence-electron chi connectivity index (χ1n) is 5.26. The van der Waals surface area contributed by atoms with E-state index in [9.17, 15) is 0 Å². The molecule has 0 spiro atoms. The number of hydrogen-bond donors (Lipinski definition) is 0. The summed E-state index contributed by atoms with van der Waals surface area (Å²) in [6.07, 6.45) is 8.00. The molecule has 0 aromatic carbocycles. The summed E-state index contributed by atoms with van der Waals surface area (Å²) in [6, 6.07) is 12.0. The molecule has 7 heteroatoms. The summed E-state index contributed by atoms with van der Waals surface area (Å²) >= 11 is 0. The normalized spacial score (nSPS) is 9.47. The number of aromatic nitrogens is 2. The van der Waals surface area contributed by atoms with Crippen LogP contribution in [0.4, 0.5) is 0 Å². The highest BCUT2D eigenvalue weighted by Crippen LogP contribution is 1.72. The Morgan fingerprint density at radius 3 is 1.00 bits per heavy atom. The maximum Gasteiger partial charge on any atom is 0.168 e. The SMILES string of the molecule is C[n+]1ccccc1.C[n+]1ccccc1.O=S(=O)([O-])[O-]. The van der Waals surface area contributed by atoms with Gasteiger partial charge in [-0.3, -0.25) is 8.42 Å². The van der Waals surface area contributed by atoms with Crippen LogP contribution in [0.25, 0.3) is 0 Å². The van der Waals surface area contributed by atoms with Gasteiger partial charge in [-0.15, -0.1) is 0 Å². The van der Waals surface area contributed by atoms with Gasteiger partial charge in [0.15, 0.2) is 24.8 Å². The lowest BCUT2D eigenvalue weighted by Gasteiger charge is -2.06. The third-order valence-electron chi connectivity index (χ3n) is 1.73. The molecule has 2 heterocycles. The minimum atomic E-state index is -5.17.